The number of nitrogens with two attached hydrogens (primary N) is 1. The monoisotopic (exact) mass is 266 g/mol. The van der Waals surface area contributed by atoms with Crippen LogP contribution < -0.4 is 11.1 Å². The molecule has 3 heteroatoms. The second-order valence-electron chi connectivity index (χ2n) is 7.56. The lowest BCUT2D eigenvalue weighted by molar-refractivity contribution is -0.225. The minimum absolute atomic E-state index is 0.0717. The van der Waals surface area contributed by atoms with Crippen LogP contribution in [-0.2, 0) is 4.74 Å². The highest BCUT2D eigenvalue weighted by Gasteiger charge is 2.65. The summed E-state index contributed by atoms with van der Waals surface area (Å²) in [6, 6.07) is 0. The molecule has 0 amide bonds. The van der Waals surface area contributed by atoms with E-state index in [0.29, 0.717) is 12.0 Å². The Morgan fingerprint density at radius 1 is 1.21 bits per heavy atom. The molecular weight excluding hydrogens is 236 g/mol. The van der Waals surface area contributed by atoms with Crippen molar-refractivity contribution in [2.45, 2.75) is 64.0 Å². The van der Waals surface area contributed by atoms with Crippen molar-refractivity contribution in [2.75, 3.05) is 19.7 Å². The highest BCUT2D eigenvalue weighted by Crippen LogP contribution is 2.56. The largest absolute Gasteiger partial charge is 0.377 e. The molecule has 110 valence electrons. The fourth-order valence-corrected chi connectivity index (χ4v) is 4.41. The number of rotatable bonds is 5. The molecule has 3 atom stereocenters. The highest BCUT2D eigenvalue weighted by molar-refractivity contribution is 5.20. The first-order valence-corrected chi connectivity index (χ1v) is 8.17. The molecule has 19 heavy (non-hydrogen) atoms. The standard InChI is InChI=1S/C16H30N2O/c1-15(2)14-13(7-4-10-19-14)16(15,17)11-18-9-8-12-5-3-6-12/h12-14,18H,3-11,17H2,1-2H3. The van der Waals surface area contributed by atoms with Crippen molar-refractivity contribution >= 4 is 0 Å². The van der Waals surface area contributed by atoms with E-state index in [0.717, 1.165) is 25.6 Å². The van der Waals surface area contributed by atoms with Gasteiger partial charge in [-0.3, -0.25) is 0 Å². The number of hydrogen-bond donors (Lipinski definition) is 2. The zero-order valence-electron chi connectivity index (χ0n) is 12.6. The molecule has 0 aromatic heterocycles. The van der Waals surface area contributed by atoms with Gasteiger partial charge in [0.1, 0.15) is 0 Å². The lowest BCUT2D eigenvalue weighted by Crippen LogP contribution is -2.80. The third-order valence-electron chi connectivity index (χ3n) is 6.27. The Morgan fingerprint density at radius 2 is 2.00 bits per heavy atom. The van der Waals surface area contributed by atoms with Gasteiger partial charge in [0.15, 0.2) is 0 Å². The minimum Gasteiger partial charge on any atom is -0.377 e. The van der Waals surface area contributed by atoms with Gasteiger partial charge in [-0.15, -0.1) is 0 Å². The van der Waals surface area contributed by atoms with Gasteiger partial charge >= 0.3 is 0 Å². The van der Waals surface area contributed by atoms with Crippen molar-refractivity contribution in [1.82, 2.24) is 5.32 Å². The van der Waals surface area contributed by atoms with E-state index >= 15 is 0 Å². The van der Waals surface area contributed by atoms with E-state index in [1.807, 2.05) is 0 Å². The summed E-state index contributed by atoms with van der Waals surface area (Å²) in [4.78, 5) is 0. The van der Waals surface area contributed by atoms with Gasteiger partial charge in [0.2, 0.25) is 0 Å². The molecule has 1 aliphatic heterocycles. The maximum atomic E-state index is 6.76. The first-order valence-electron chi connectivity index (χ1n) is 8.17. The molecule has 3 nitrogen and oxygen atoms in total. The molecule has 3 unspecified atom stereocenters. The van der Waals surface area contributed by atoms with Crippen molar-refractivity contribution < 1.29 is 4.74 Å². The smallest absolute Gasteiger partial charge is 0.0690 e. The second kappa shape index (κ2) is 5.01. The molecule has 0 aromatic rings. The van der Waals surface area contributed by atoms with E-state index in [1.165, 1.54) is 38.5 Å². The molecule has 3 aliphatic rings. The maximum Gasteiger partial charge on any atom is 0.0690 e. The van der Waals surface area contributed by atoms with Crippen LogP contribution in [0.1, 0.15) is 52.4 Å². The molecule has 1 saturated heterocycles. The Hall–Kier alpha value is -0.120. The fraction of sp³-hybridized carbons (Fsp3) is 1.00. The van der Waals surface area contributed by atoms with Crippen LogP contribution in [-0.4, -0.2) is 31.3 Å². The normalized spacial score (nSPS) is 41.2. The van der Waals surface area contributed by atoms with Gasteiger partial charge in [-0.05, 0) is 31.7 Å². The number of nitrogens with one attached hydrogen (secondary N) is 1. The summed E-state index contributed by atoms with van der Waals surface area (Å²) in [5.74, 6) is 1.55. The van der Waals surface area contributed by atoms with E-state index in [2.05, 4.69) is 19.2 Å². The van der Waals surface area contributed by atoms with Crippen LogP contribution in [0.4, 0.5) is 0 Å². The van der Waals surface area contributed by atoms with Crippen molar-refractivity contribution in [2.24, 2.45) is 23.0 Å². The summed E-state index contributed by atoms with van der Waals surface area (Å²) >= 11 is 0. The highest BCUT2D eigenvalue weighted by atomic mass is 16.5. The van der Waals surface area contributed by atoms with Gasteiger partial charge in [-0.2, -0.15) is 0 Å². The molecule has 0 spiro atoms. The van der Waals surface area contributed by atoms with Crippen LogP contribution in [0.3, 0.4) is 0 Å². The third kappa shape index (κ3) is 2.14. The lowest BCUT2D eigenvalue weighted by Gasteiger charge is -2.66. The second-order valence-corrected chi connectivity index (χ2v) is 7.56. The Bertz CT molecular complexity index is 327. The topological polar surface area (TPSA) is 47.3 Å². The Labute approximate surface area is 117 Å². The van der Waals surface area contributed by atoms with Crippen LogP contribution in [0, 0.1) is 17.3 Å². The van der Waals surface area contributed by atoms with E-state index in [4.69, 9.17) is 10.5 Å². The van der Waals surface area contributed by atoms with Gasteiger partial charge in [0.25, 0.3) is 0 Å². The van der Waals surface area contributed by atoms with Gasteiger partial charge < -0.3 is 15.8 Å². The lowest BCUT2D eigenvalue weighted by atomic mass is 9.46. The van der Waals surface area contributed by atoms with Crippen LogP contribution in [0.5, 0.6) is 0 Å². The number of fused-ring (bicyclic) bond motifs is 1. The summed E-state index contributed by atoms with van der Waals surface area (Å²) in [6.45, 7) is 7.59. The zero-order chi connectivity index (χ0) is 13.5. The van der Waals surface area contributed by atoms with Crippen LogP contribution >= 0.6 is 0 Å². The molecule has 2 saturated carbocycles. The summed E-state index contributed by atoms with van der Waals surface area (Å²) in [7, 11) is 0. The Morgan fingerprint density at radius 3 is 2.68 bits per heavy atom. The van der Waals surface area contributed by atoms with E-state index in [9.17, 15) is 0 Å². The predicted octanol–water partition coefficient (Wildman–Crippen LogP) is 2.30. The summed E-state index contributed by atoms with van der Waals surface area (Å²) in [5, 5.41) is 3.64. The van der Waals surface area contributed by atoms with Gasteiger partial charge in [0, 0.05) is 30.0 Å². The van der Waals surface area contributed by atoms with Crippen molar-refractivity contribution in [1.29, 1.82) is 0 Å². The van der Waals surface area contributed by atoms with Crippen LogP contribution in [0.15, 0.2) is 0 Å². The molecule has 3 N–H and O–H groups in total. The van der Waals surface area contributed by atoms with Gasteiger partial charge in [-0.25, -0.2) is 0 Å². The molecule has 3 rings (SSSR count). The first-order chi connectivity index (χ1) is 9.06. The molecule has 0 radical (unpaired) electrons. The maximum absolute atomic E-state index is 6.76. The third-order valence-corrected chi connectivity index (χ3v) is 6.27. The average Bonchev–Trinajstić information content (AvgIpc) is 2.36. The molecule has 2 aliphatic carbocycles. The quantitative estimate of drug-likeness (QED) is 0.751. The summed E-state index contributed by atoms with van der Waals surface area (Å²) in [6.07, 6.45) is 8.48. The molecule has 0 bridgehead atoms. The summed E-state index contributed by atoms with van der Waals surface area (Å²) in [5.41, 5.74) is 6.80. The molecule has 0 aromatic carbocycles. The average molecular weight is 266 g/mol. The SMILES string of the molecule is CC1(C)C2OCCCC2C1(N)CNCCC1CCC1. The zero-order valence-corrected chi connectivity index (χ0v) is 12.6. The Kier molecular flexibility index (Phi) is 3.65. The fourth-order valence-electron chi connectivity index (χ4n) is 4.41. The van der Waals surface area contributed by atoms with E-state index < -0.39 is 0 Å². The van der Waals surface area contributed by atoms with Crippen molar-refractivity contribution in [3.63, 3.8) is 0 Å². The summed E-state index contributed by atoms with van der Waals surface area (Å²) < 4.78 is 5.95. The molecule has 3 fully saturated rings. The molecule has 1 heterocycles. The van der Waals surface area contributed by atoms with Crippen molar-refractivity contribution in [3.8, 4) is 0 Å². The van der Waals surface area contributed by atoms with Gasteiger partial charge in [0.05, 0.1) is 6.10 Å². The van der Waals surface area contributed by atoms with Crippen molar-refractivity contribution in [3.05, 3.63) is 0 Å². The van der Waals surface area contributed by atoms with E-state index in [-0.39, 0.29) is 11.0 Å². The predicted molar refractivity (Wildman–Crippen MR) is 78.0 cm³/mol. The van der Waals surface area contributed by atoms with E-state index in [1.54, 1.807) is 0 Å². The van der Waals surface area contributed by atoms with Crippen LogP contribution in [0.25, 0.3) is 0 Å². The Balaban J connectivity index is 1.50. The van der Waals surface area contributed by atoms with Gasteiger partial charge in [-0.1, -0.05) is 33.1 Å². The minimum atomic E-state index is -0.0717. The number of ether oxygens (including phenoxy) is 1. The molecular formula is C16H30N2O. The number of hydrogen-bond acceptors (Lipinski definition) is 3. The first kappa shape index (κ1) is 13.8. The van der Waals surface area contributed by atoms with Crippen LogP contribution in [0.2, 0.25) is 0 Å².